The molecule has 4 rings (SSSR count). The van der Waals surface area contributed by atoms with E-state index in [1.165, 1.54) is 0 Å². The third-order valence-electron chi connectivity index (χ3n) is 6.62. The van der Waals surface area contributed by atoms with Gasteiger partial charge < -0.3 is 25.2 Å². The zero-order chi connectivity index (χ0) is 25.2. The summed E-state index contributed by atoms with van der Waals surface area (Å²) in [6, 6.07) is 15.3. The molecule has 0 aromatic heterocycles. The Balaban J connectivity index is 1.35. The van der Waals surface area contributed by atoms with E-state index in [9.17, 15) is 14.4 Å². The Hall–Kier alpha value is -3.39. The van der Waals surface area contributed by atoms with E-state index < -0.39 is 29.6 Å². The Kier molecular flexibility index (Phi) is 7.12. The Morgan fingerprint density at radius 2 is 1.63 bits per heavy atom. The first-order valence-electron chi connectivity index (χ1n) is 11.9. The Morgan fingerprint density at radius 3 is 2.17 bits per heavy atom. The van der Waals surface area contributed by atoms with Crippen LogP contribution in [0.3, 0.4) is 0 Å². The molecule has 1 aliphatic carbocycles. The van der Waals surface area contributed by atoms with Crippen molar-refractivity contribution in [3.05, 3.63) is 59.7 Å². The fraction of sp³-hybridized carbons (Fsp3) is 0.444. The van der Waals surface area contributed by atoms with E-state index in [0.717, 1.165) is 22.3 Å². The van der Waals surface area contributed by atoms with Crippen LogP contribution in [-0.2, 0) is 19.1 Å². The minimum atomic E-state index is -0.997. The first-order chi connectivity index (χ1) is 16.6. The van der Waals surface area contributed by atoms with Crippen molar-refractivity contribution in [2.75, 3.05) is 13.2 Å². The van der Waals surface area contributed by atoms with Gasteiger partial charge in [-0.2, -0.15) is 0 Å². The lowest BCUT2D eigenvalue weighted by molar-refractivity contribution is -0.149. The lowest BCUT2D eigenvalue weighted by atomic mass is 9.86. The van der Waals surface area contributed by atoms with E-state index in [-0.39, 0.29) is 31.1 Å². The van der Waals surface area contributed by atoms with Gasteiger partial charge >= 0.3 is 12.1 Å². The zero-order valence-electron chi connectivity index (χ0n) is 20.2. The lowest BCUT2D eigenvalue weighted by Gasteiger charge is -2.30. The van der Waals surface area contributed by atoms with Gasteiger partial charge in [0.2, 0.25) is 5.91 Å². The molecule has 2 aliphatic rings. The van der Waals surface area contributed by atoms with E-state index in [4.69, 9.17) is 14.6 Å². The first kappa shape index (κ1) is 24.7. The second-order valence-electron chi connectivity index (χ2n) is 10.2. The van der Waals surface area contributed by atoms with Crippen molar-refractivity contribution < 1.29 is 29.0 Å². The topological polar surface area (TPSA) is 114 Å². The molecule has 1 fully saturated rings. The molecule has 2 aromatic rings. The third kappa shape index (κ3) is 5.48. The minimum Gasteiger partial charge on any atom is -0.479 e. The highest BCUT2D eigenvalue weighted by Gasteiger charge is 2.36. The highest BCUT2D eigenvalue weighted by molar-refractivity contribution is 5.86. The summed E-state index contributed by atoms with van der Waals surface area (Å²) in [7, 11) is 0. The predicted octanol–water partition coefficient (Wildman–Crippen LogP) is 3.69. The van der Waals surface area contributed by atoms with Gasteiger partial charge in [0.25, 0.3) is 0 Å². The molecule has 1 aliphatic heterocycles. The van der Waals surface area contributed by atoms with Gasteiger partial charge in [-0.25, -0.2) is 9.59 Å². The largest absolute Gasteiger partial charge is 0.479 e. The second kappa shape index (κ2) is 10.1. The molecule has 8 nitrogen and oxygen atoms in total. The normalized spacial score (nSPS) is 20.0. The summed E-state index contributed by atoms with van der Waals surface area (Å²) in [5, 5.41) is 14.6. The van der Waals surface area contributed by atoms with E-state index in [0.29, 0.717) is 12.8 Å². The van der Waals surface area contributed by atoms with Crippen LogP contribution in [0.5, 0.6) is 0 Å². The molecule has 0 radical (unpaired) electrons. The smallest absolute Gasteiger partial charge is 0.407 e. The third-order valence-corrected chi connectivity index (χ3v) is 6.62. The fourth-order valence-electron chi connectivity index (χ4n) is 4.79. The predicted molar refractivity (Wildman–Crippen MR) is 130 cm³/mol. The Morgan fingerprint density at radius 1 is 1.03 bits per heavy atom. The molecular formula is C27H32N2O6. The highest BCUT2D eigenvalue weighted by atomic mass is 16.5. The minimum absolute atomic E-state index is 0.0724. The van der Waals surface area contributed by atoms with Crippen molar-refractivity contribution in [2.24, 2.45) is 5.41 Å². The molecule has 0 spiro atoms. The van der Waals surface area contributed by atoms with Crippen molar-refractivity contribution in [3.63, 3.8) is 0 Å². The molecule has 2 amide bonds. The van der Waals surface area contributed by atoms with Crippen molar-refractivity contribution >= 4 is 18.0 Å². The zero-order valence-corrected chi connectivity index (χ0v) is 20.2. The molecule has 0 bridgehead atoms. The maximum absolute atomic E-state index is 12.9. The van der Waals surface area contributed by atoms with Gasteiger partial charge in [0.15, 0.2) is 6.10 Å². The molecule has 186 valence electrons. The van der Waals surface area contributed by atoms with Gasteiger partial charge in [0.1, 0.15) is 12.6 Å². The molecule has 0 saturated carbocycles. The van der Waals surface area contributed by atoms with Crippen LogP contribution < -0.4 is 10.6 Å². The number of ether oxygens (including phenoxy) is 2. The maximum atomic E-state index is 12.9. The quantitative estimate of drug-likeness (QED) is 0.557. The number of rotatable bonds is 7. The standard InChI is InChI=1S/C27H32N2O6/c1-27(2,3)23(24(30)28-14-16-12-13-22(35-16)25(31)32)29-26(33)34-15-21-19-10-6-4-8-17(19)18-9-5-7-11-20(18)21/h4-11,16,21-23H,12-15H2,1-3H3,(H,28,30)(H,29,33)(H,31,32). The average molecular weight is 481 g/mol. The van der Waals surface area contributed by atoms with E-state index in [2.05, 4.69) is 22.8 Å². The number of alkyl carbamates (subject to hydrolysis) is 1. The van der Waals surface area contributed by atoms with Gasteiger partial charge in [-0.15, -0.1) is 0 Å². The molecule has 1 saturated heterocycles. The monoisotopic (exact) mass is 480 g/mol. The first-order valence-corrected chi connectivity index (χ1v) is 11.9. The molecule has 3 N–H and O–H groups in total. The molecule has 35 heavy (non-hydrogen) atoms. The highest BCUT2D eigenvalue weighted by Crippen LogP contribution is 2.44. The van der Waals surface area contributed by atoms with Crippen LogP contribution in [0.4, 0.5) is 4.79 Å². The fourth-order valence-corrected chi connectivity index (χ4v) is 4.79. The van der Waals surface area contributed by atoms with Crippen LogP contribution >= 0.6 is 0 Å². The number of carboxylic acid groups (broad SMARTS) is 1. The van der Waals surface area contributed by atoms with E-state index in [1.54, 1.807) is 0 Å². The van der Waals surface area contributed by atoms with Gasteiger partial charge in [0, 0.05) is 12.5 Å². The average Bonchev–Trinajstić information content (AvgIpc) is 3.42. The van der Waals surface area contributed by atoms with Crippen LogP contribution in [0.15, 0.2) is 48.5 Å². The van der Waals surface area contributed by atoms with Crippen LogP contribution in [0.25, 0.3) is 11.1 Å². The lowest BCUT2D eigenvalue weighted by Crippen LogP contribution is -2.54. The van der Waals surface area contributed by atoms with Crippen molar-refractivity contribution in [1.29, 1.82) is 0 Å². The SMILES string of the molecule is CC(C)(C)C(NC(=O)OCC1c2ccccc2-c2ccccc21)C(=O)NCC1CCC(C(=O)O)O1. The summed E-state index contributed by atoms with van der Waals surface area (Å²) < 4.78 is 11.1. The number of benzene rings is 2. The number of carbonyl (C=O) groups excluding carboxylic acids is 2. The van der Waals surface area contributed by atoms with Gasteiger partial charge in [0.05, 0.1) is 6.10 Å². The van der Waals surface area contributed by atoms with Crippen LogP contribution in [0.1, 0.15) is 50.7 Å². The number of fused-ring (bicyclic) bond motifs is 3. The number of amides is 2. The number of aliphatic carboxylic acids is 1. The van der Waals surface area contributed by atoms with Gasteiger partial charge in [-0.1, -0.05) is 69.3 Å². The maximum Gasteiger partial charge on any atom is 0.407 e. The summed E-state index contributed by atoms with van der Waals surface area (Å²) >= 11 is 0. The van der Waals surface area contributed by atoms with E-state index in [1.807, 2.05) is 57.2 Å². The summed E-state index contributed by atoms with van der Waals surface area (Å²) in [5.74, 6) is -1.44. The van der Waals surface area contributed by atoms with Crippen LogP contribution in [0, 0.1) is 5.41 Å². The van der Waals surface area contributed by atoms with Crippen LogP contribution in [0.2, 0.25) is 0 Å². The Labute approximate surface area is 205 Å². The van der Waals surface area contributed by atoms with Gasteiger partial charge in [-0.3, -0.25) is 4.79 Å². The summed E-state index contributed by atoms with van der Waals surface area (Å²) in [4.78, 5) is 36.8. The van der Waals surface area contributed by atoms with E-state index >= 15 is 0 Å². The number of carbonyl (C=O) groups is 3. The summed E-state index contributed by atoms with van der Waals surface area (Å²) in [5.41, 5.74) is 3.94. The number of hydrogen-bond donors (Lipinski definition) is 3. The number of carboxylic acids is 1. The van der Waals surface area contributed by atoms with Crippen LogP contribution in [-0.4, -0.2) is 54.5 Å². The second-order valence-corrected chi connectivity index (χ2v) is 10.2. The number of hydrogen-bond acceptors (Lipinski definition) is 5. The molecule has 2 aromatic carbocycles. The Bertz CT molecular complexity index is 1060. The molecule has 3 unspecified atom stereocenters. The molecule has 1 heterocycles. The van der Waals surface area contributed by atoms with Crippen molar-refractivity contribution in [3.8, 4) is 11.1 Å². The number of nitrogens with one attached hydrogen (secondary N) is 2. The molecular weight excluding hydrogens is 448 g/mol. The molecule has 3 atom stereocenters. The van der Waals surface area contributed by atoms with Crippen molar-refractivity contribution in [1.82, 2.24) is 10.6 Å². The van der Waals surface area contributed by atoms with Gasteiger partial charge in [-0.05, 0) is 40.5 Å². The van der Waals surface area contributed by atoms with Crippen molar-refractivity contribution in [2.45, 2.75) is 57.8 Å². The molecule has 8 heteroatoms. The summed E-state index contributed by atoms with van der Waals surface area (Å²) in [6.07, 6.45) is -0.900. The summed E-state index contributed by atoms with van der Waals surface area (Å²) in [6.45, 7) is 5.90.